The van der Waals surface area contributed by atoms with E-state index in [-0.39, 0.29) is 11.8 Å². The van der Waals surface area contributed by atoms with Gasteiger partial charge >= 0.3 is 0 Å². The highest BCUT2D eigenvalue weighted by molar-refractivity contribution is 6.32. The highest BCUT2D eigenvalue weighted by atomic mass is 35.5. The van der Waals surface area contributed by atoms with Crippen LogP contribution in [-0.2, 0) is 11.3 Å². The van der Waals surface area contributed by atoms with E-state index >= 15 is 0 Å². The predicted molar refractivity (Wildman–Crippen MR) is 63.1 cm³/mol. The number of rotatable bonds is 1. The largest absolute Gasteiger partial charge is 0.490 e. The fraction of sp³-hybridized carbons (Fsp3) is 0.364. The van der Waals surface area contributed by atoms with Crippen LogP contribution < -0.4 is 4.74 Å². The van der Waals surface area contributed by atoms with Crippen LogP contribution in [0.3, 0.4) is 0 Å². The minimum atomic E-state index is -0.0851. The van der Waals surface area contributed by atoms with E-state index in [0.29, 0.717) is 30.5 Å². The first-order chi connectivity index (χ1) is 7.72. The van der Waals surface area contributed by atoms with Gasteiger partial charge in [0.25, 0.3) is 0 Å². The first kappa shape index (κ1) is 11.6. The summed E-state index contributed by atoms with van der Waals surface area (Å²) in [5, 5.41) is 0.581. The van der Waals surface area contributed by atoms with Crippen LogP contribution in [0, 0.1) is 0 Å². The highest BCUT2D eigenvalue weighted by Gasteiger charge is 2.20. The van der Waals surface area contributed by atoms with Crippen molar-refractivity contribution in [1.29, 1.82) is 0 Å². The third-order valence-corrected chi connectivity index (χ3v) is 3.01. The van der Waals surface area contributed by atoms with Crippen molar-refractivity contribution in [3.8, 4) is 5.75 Å². The smallest absolute Gasteiger partial charge is 0.237 e. The van der Waals surface area contributed by atoms with E-state index in [1.54, 1.807) is 11.0 Å². The van der Waals surface area contributed by atoms with Gasteiger partial charge in [0.1, 0.15) is 18.2 Å². The van der Waals surface area contributed by atoms with Gasteiger partial charge in [-0.3, -0.25) is 4.79 Å². The van der Waals surface area contributed by atoms with Crippen LogP contribution in [0.5, 0.6) is 5.75 Å². The summed E-state index contributed by atoms with van der Waals surface area (Å²) in [6.07, 6.45) is 0. The number of carbonyl (C=O) groups excluding carboxylic acids is 1. The maximum absolute atomic E-state index is 11.5. The molecular weight excluding hydrogens is 249 g/mol. The molecule has 0 atom stereocenters. The number of carbonyl (C=O) groups is 1. The fourth-order valence-electron chi connectivity index (χ4n) is 1.68. The second-order valence-corrected chi connectivity index (χ2v) is 4.20. The summed E-state index contributed by atoms with van der Waals surface area (Å²) in [5.41, 5.74) is 0.920. The molecule has 1 amide bonds. The Labute approximate surface area is 104 Å². The van der Waals surface area contributed by atoms with Crippen LogP contribution in [0.15, 0.2) is 18.2 Å². The van der Waals surface area contributed by atoms with Crippen molar-refractivity contribution in [1.82, 2.24) is 4.90 Å². The summed E-state index contributed by atoms with van der Waals surface area (Å²) in [6, 6.07) is 5.53. The molecule has 0 spiro atoms. The minimum Gasteiger partial charge on any atom is -0.490 e. The Morgan fingerprint density at radius 1 is 1.50 bits per heavy atom. The van der Waals surface area contributed by atoms with Gasteiger partial charge in [-0.15, -0.1) is 11.6 Å². The number of alkyl halides is 1. The maximum atomic E-state index is 11.5. The van der Waals surface area contributed by atoms with Gasteiger partial charge in [-0.25, -0.2) is 0 Å². The summed E-state index contributed by atoms with van der Waals surface area (Å²) in [6.45, 7) is 1.48. The number of hydrogen-bond donors (Lipinski definition) is 0. The van der Waals surface area contributed by atoms with Crippen LogP contribution in [0.4, 0.5) is 0 Å². The number of fused-ring (bicyclic) bond motifs is 1. The van der Waals surface area contributed by atoms with Gasteiger partial charge in [-0.05, 0) is 6.07 Å². The zero-order chi connectivity index (χ0) is 11.5. The molecule has 3 nitrogen and oxygen atoms in total. The summed E-state index contributed by atoms with van der Waals surface area (Å²) in [4.78, 5) is 13.2. The topological polar surface area (TPSA) is 29.5 Å². The Morgan fingerprint density at radius 2 is 2.31 bits per heavy atom. The zero-order valence-corrected chi connectivity index (χ0v) is 10.1. The molecule has 2 rings (SSSR count). The lowest BCUT2D eigenvalue weighted by atomic mass is 10.2. The molecule has 0 unspecified atom stereocenters. The zero-order valence-electron chi connectivity index (χ0n) is 8.58. The monoisotopic (exact) mass is 259 g/mol. The fourth-order valence-corrected chi connectivity index (χ4v) is 2.10. The van der Waals surface area contributed by atoms with Crippen LogP contribution >= 0.6 is 23.2 Å². The Kier molecular flexibility index (Phi) is 3.56. The Morgan fingerprint density at radius 3 is 3.06 bits per heavy atom. The maximum Gasteiger partial charge on any atom is 0.237 e. The molecular formula is C11H11Cl2NO2. The Hall–Kier alpha value is -0.930. The van der Waals surface area contributed by atoms with Crippen LogP contribution in [0.1, 0.15) is 5.56 Å². The van der Waals surface area contributed by atoms with Gasteiger partial charge in [0.15, 0.2) is 0 Å². The summed E-state index contributed by atoms with van der Waals surface area (Å²) < 4.78 is 5.54. The number of nitrogens with zero attached hydrogens (tertiary/aromatic N) is 1. The summed E-state index contributed by atoms with van der Waals surface area (Å²) >= 11 is 11.6. The molecule has 1 aromatic carbocycles. The summed E-state index contributed by atoms with van der Waals surface area (Å²) in [5.74, 6) is 0.586. The quantitative estimate of drug-likeness (QED) is 0.725. The number of para-hydroxylation sites is 1. The van der Waals surface area contributed by atoms with E-state index in [1.165, 1.54) is 0 Å². The Bertz CT molecular complexity index is 409. The molecule has 0 fully saturated rings. The molecule has 1 aliphatic rings. The van der Waals surface area contributed by atoms with E-state index in [2.05, 4.69) is 0 Å². The number of benzene rings is 1. The lowest BCUT2D eigenvalue weighted by Gasteiger charge is -2.18. The highest BCUT2D eigenvalue weighted by Crippen LogP contribution is 2.31. The summed E-state index contributed by atoms with van der Waals surface area (Å²) in [7, 11) is 0. The average molecular weight is 260 g/mol. The molecule has 16 heavy (non-hydrogen) atoms. The standard InChI is InChI=1S/C11H11Cl2NO2/c12-6-10(15)14-4-5-16-11-8(7-14)2-1-3-9(11)13/h1-3H,4-7H2. The normalized spacial score (nSPS) is 15.0. The Balaban J connectivity index is 2.28. The van der Waals surface area contributed by atoms with Crippen LogP contribution in [0.2, 0.25) is 5.02 Å². The third kappa shape index (κ3) is 2.25. The molecule has 0 radical (unpaired) electrons. The third-order valence-electron chi connectivity index (χ3n) is 2.48. The van der Waals surface area contributed by atoms with Crippen molar-refractivity contribution in [2.24, 2.45) is 0 Å². The molecule has 0 saturated carbocycles. The molecule has 0 N–H and O–H groups in total. The average Bonchev–Trinajstić information content (AvgIpc) is 2.51. The molecule has 86 valence electrons. The van der Waals surface area contributed by atoms with Crippen molar-refractivity contribution >= 4 is 29.1 Å². The number of amides is 1. The molecule has 5 heteroatoms. The molecule has 1 aromatic rings. The van der Waals surface area contributed by atoms with E-state index in [4.69, 9.17) is 27.9 Å². The molecule has 1 aliphatic heterocycles. The van der Waals surface area contributed by atoms with E-state index < -0.39 is 0 Å². The van der Waals surface area contributed by atoms with Crippen molar-refractivity contribution in [3.63, 3.8) is 0 Å². The molecule has 0 bridgehead atoms. The predicted octanol–water partition coefficient (Wildman–Crippen LogP) is 2.30. The van der Waals surface area contributed by atoms with Crippen molar-refractivity contribution in [2.75, 3.05) is 19.0 Å². The first-order valence-electron chi connectivity index (χ1n) is 4.96. The van der Waals surface area contributed by atoms with E-state index in [9.17, 15) is 4.79 Å². The van der Waals surface area contributed by atoms with E-state index in [1.807, 2.05) is 12.1 Å². The van der Waals surface area contributed by atoms with Crippen molar-refractivity contribution in [3.05, 3.63) is 28.8 Å². The van der Waals surface area contributed by atoms with E-state index in [0.717, 1.165) is 5.56 Å². The van der Waals surface area contributed by atoms with Gasteiger partial charge in [0, 0.05) is 12.1 Å². The molecule has 1 heterocycles. The second-order valence-electron chi connectivity index (χ2n) is 3.53. The number of ether oxygens (including phenoxy) is 1. The minimum absolute atomic E-state index is 0.00407. The SMILES string of the molecule is O=C(CCl)N1CCOc2c(Cl)cccc2C1. The lowest BCUT2D eigenvalue weighted by molar-refractivity contribution is -0.129. The molecule has 0 aliphatic carbocycles. The molecule has 0 aromatic heterocycles. The van der Waals surface area contributed by atoms with Crippen LogP contribution in [-0.4, -0.2) is 29.8 Å². The van der Waals surface area contributed by atoms with Crippen molar-refractivity contribution < 1.29 is 9.53 Å². The number of halogens is 2. The number of hydrogen-bond acceptors (Lipinski definition) is 2. The lowest BCUT2D eigenvalue weighted by Crippen LogP contribution is -2.33. The second kappa shape index (κ2) is 4.93. The first-order valence-corrected chi connectivity index (χ1v) is 5.87. The van der Waals surface area contributed by atoms with Gasteiger partial charge in [0.05, 0.1) is 11.6 Å². The molecule has 0 saturated heterocycles. The van der Waals surface area contributed by atoms with Gasteiger partial charge in [-0.1, -0.05) is 23.7 Å². The van der Waals surface area contributed by atoms with Gasteiger partial charge in [0.2, 0.25) is 5.91 Å². The van der Waals surface area contributed by atoms with Crippen LogP contribution in [0.25, 0.3) is 0 Å². The van der Waals surface area contributed by atoms with Gasteiger partial charge < -0.3 is 9.64 Å². The van der Waals surface area contributed by atoms with Crippen molar-refractivity contribution in [2.45, 2.75) is 6.54 Å². The van der Waals surface area contributed by atoms with Gasteiger partial charge in [-0.2, -0.15) is 0 Å².